The number of benzene rings is 1. The first-order valence-corrected chi connectivity index (χ1v) is 5.76. The van der Waals surface area contributed by atoms with Gasteiger partial charge in [-0.2, -0.15) is 10.4 Å². The van der Waals surface area contributed by atoms with E-state index in [1.807, 2.05) is 30.3 Å². The second-order valence-electron chi connectivity index (χ2n) is 4.11. The number of hydrogen-bond donors (Lipinski definition) is 1. The Morgan fingerprint density at radius 2 is 2.05 bits per heavy atom. The van der Waals surface area contributed by atoms with Gasteiger partial charge < -0.3 is 5.02 Å². The number of nitrogens with zero attached hydrogens (tertiary/aromatic N) is 4. The molecule has 0 unspecified atom stereocenters. The lowest BCUT2D eigenvalue weighted by Gasteiger charge is -2.26. The Labute approximate surface area is 110 Å². The van der Waals surface area contributed by atoms with Crippen LogP contribution in [0.5, 0.6) is 0 Å². The molecule has 0 spiro atoms. The van der Waals surface area contributed by atoms with Crippen LogP contribution in [0.1, 0.15) is 11.3 Å². The monoisotopic (exact) mass is 248 g/mol. The average Bonchev–Trinajstić information content (AvgIpc) is 2.48. The Morgan fingerprint density at radius 3 is 2.79 bits per heavy atom. The Bertz CT molecular complexity index is 678. The van der Waals surface area contributed by atoms with Gasteiger partial charge in [0.25, 0.3) is 0 Å². The Morgan fingerprint density at radius 1 is 1.21 bits per heavy atom. The lowest BCUT2D eigenvalue weighted by molar-refractivity contribution is 0.578. The fourth-order valence-electron chi connectivity index (χ4n) is 1.98. The molecule has 0 amide bonds. The molecule has 0 radical (unpaired) electrons. The predicted octanol–water partition coefficient (Wildman–Crippen LogP) is 0.495. The smallest absolute Gasteiger partial charge is 0.427 e. The summed E-state index contributed by atoms with van der Waals surface area (Å²) in [5.41, 5.74) is 2.66. The molecule has 6 heteroatoms. The number of aromatic nitrogens is 1. The van der Waals surface area contributed by atoms with Crippen LogP contribution in [-0.2, 0) is 0 Å². The highest BCUT2D eigenvalue weighted by Crippen LogP contribution is 2.17. The molecule has 1 N–H and O–H groups in total. The standard InChI is InChI=1S/C13H9BN4O/c15-7-11-5-6-12(9-16-11)18-14(19)13-4-2-1-3-10(13)8-17-18/h1-6,8-9,19H. The van der Waals surface area contributed by atoms with Crippen LogP contribution in [0, 0.1) is 11.3 Å². The molecule has 1 aliphatic rings. The van der Waals surface area contributed by atoms with Crippen molar-refractivity contribution in [1.82, 2.24) is 4.98 Å². The molecule has 5 nitrogen and oxygen atoms in total. The highest BCUT2D eigenvalue weighted by Gasteiger charge is 2.29. The van der Waals surface area contributed by atoms with Crippen molar-refractivity contribution < 1.29 is 5.02 Å². The van der Waals surface area contributed by atoms with Crippen LogP contribution in [0.4, 0.5) is 5.69 Å². The number of rotatable bonds is 1. The Hall–Kier alpha value is -2.65. The van der Waals surface area contributed by atoms with E-state index in [1.165, 1.54) is 11.1 Å². The van der Waals surface area contributed by atoms with E-state index < -0.39 is 7.05 Å². The first-order valence-electron chi connectivity index (χ1n) is 5.76. The fraction of sp³-hybridized carbons (Fsp3) is 0. The van der Waals surface area contributed by atoms with E-state index >= 15 is 0 Å². The lowest BCUT2D eigenvalue weighted by Crippen LogP contribution is -2.50. The maximum atomic E-state index is 10.3. The van der Waals surface area contributed by atoms with Crippen LogP contribution in [0.25, 0.3) is 0 Å². The Balaban J connectivity index is 1.98. The predicted molar refractivity (Wildman–Crippen MR) is 73.1 cm³/mol. The zero-order valence-electron chi connectivity index (χ0n) is 9.93. The number of anilines is 1. The summed E-state index contributed by atoms with van der Waals surface area (Å²) in [7, 11) is -0.851. The molecule has 2 heterocycles. The van der Waals surface area contributed by atoms with E-state index in [-0.39, 0.29) is 0 Å². The minimum Gasteiger partial charge on any atom is -0.427 e. The van der Waals surface area contributed by atoms with E-state index in [1.54, 1.807) is 18.3 Å². The van der Waals surface area contributed by atoms with Gasteiger partial charge in [0.15, 0.2) is 0 Å². The molecule has 1 aliphatic heterocycles. The van der Waals surface area contributed by atoms with Crippen LogP contribution >= 0.6 is 0 Å². The summed E-state index contributed by atoms with van der Waals surface area (Å²) in [4.78, 5) is 5.44. The number of fused-ring (bicyclic) bond motifs is 1. The maximum Gasteiger partial charge on any atom is 0.471 e. The van der Waals surface area contributed by atoms with Gasteiger partial charge in [-0.3, -0.25) is 4.92 Å². The number of hydrazone groups is 1. The number of pyridine rings is 1. The molecule has 0 aliphatic carbocycles. The zero-order valence-corrected chi connectivity index (χ0v) is 9.93. The number of nitriles is 1. The summed E-state index contributed by atoms with van der Waals surface area (Å²) in [6.45, 7) is 0. The SMILES string of the molecule is N#Cc1ccc(N2N=Cc3ccccc3B2O)cn1. The van der Waals surface area contributed by atoms with Crippen molar-refractivity contribution in [3.63, 3.8) is 0 Å². The molecule has 2 aromatic rings. The highest BCUT2D eigenvalue weighted by molar-refractivity contribution is 6.71. The zero-order chi connectivity index (χ0) is 13.2. The van der Waals surface area contributed by atoms with Crippen molar-refractivity contribution in [3.05, 3.63) is 53.9 Å². The quantitative estimate of drug-likeness (QED) is 0.745. The summed E-state index contributed by atoms with van der Waals surface area (Å²) in [6.07, 6.45) is 3.22. The third kappa shape index (κ3) is 1.96. The molecule has 0 fully saturated rings. The largest absolute Gasteiger partial charge is 0.471 e. The van der Waals surface area contributed by atoms with Crippen molar-refractivity contribution in [2.75, 3.05) is 4.92 Å². The highest BCUT2D eigenvalue weighted by atomic mass is 16.2. The van der Waals surface area contributed by atoms with Gasteiger partial charge in [0.1, 0.15) is 11.8 Å². The summed E-state index contributed by atoms with van der Waals surface area (Å²) < 4.78 is 0. The van der Waals surface area contributed by atoms with Crippen LogP contribution in [0.2, 0.25) is 0 Å². The summed E-state index contributed by atoms with van der Waals surface area (Å²) in [5.74, 6) is 0. The summed E-state index contributed by atoms with van der Waals surface area (Å²) in [6, 6.07) is 12.8. The fourth-order valence-corrected chi connectivity index (χ4v) is 1.98. The van der Waals surface area contributed by atoms with Crippen LogP contribution < -0.4 is 10.4 Å². The van der Waals surface area contributed by atoms with Gasteiger partial charge in [-0.1, -0.05) is 24.3 Å². The lowest BCUT2D eigenvalue weighted by atomic mass is 9.69. The molecule has 19 heavy (non-hydrogen) atoms. The van der Waals surface area contributed by atoms with E-state index in [9.17, 15) is 5.02 Å². The Kier molecular flexibility index (Phi) is 2.74. The van der Waals surface area contributed by atoms with Crippen molar-refractivity contribution in [2.45, 2.75) is 0 Å². The molecule has 90 valence electrons. The average molecular weight is 248 g/mol. The minimum atomic E-state index is -0.851. The first kappa shape index (κ1) is 11.4. The van der Waals surface area contributed by atoms with Gasteiger partial charge >= 0.3 is 7.05 Å². The second kappa shape index (κ2) is 4.56. The van der Waals surface area contributed by atoms with Gasteiger partial charge in [0.05, 0.1) is 18.1 Å². The van der Waals surface area contributed by atoms with E-state index in [2.05, 4.69) is 10.1 Å². The van der Waals surface area contributed by atoms with E-state index in [4.69, 9.17) is 5.26 Å². The molecule has 1 aromatic heterocycles. The molecular formula is C13H9BN4O. The molecule has 0 saturated heterocycles. The molecule has 3 rings (SSSR count). The summed E-state index contributed by atoms with van der Waals surface area (Å²) in [5, 5.41) is 23.2. The third-order valence-corrected chi connectivity index (χ3v) is 2.95. The third-order valence-electron chi connectivity index (χ3n) is 2.95. The van der Waals surface area contributed by atoms with E-state index in [0.717, 1.165) is 11.0 Å². The number of hydrogen-bond acceptors (Lipinski definition) is 5. The van der Waals surface area contributed by atoms with Crippen molar-refractivity contribution >= 4 is 24.4 Å². The van der Waals surface area contributed by atoms with Crippen molar-refractivity contribution in [3.8, 4) is 6.07 Å². The maximum absolute atomic E-state index is 10.3. The van der Waals surface area contributed by atoms with Crippen LogP contribution in [-0.4, -0.2) is 23.3 Å². The van der Waals surface area contributed by atoms with E-state index in [0.29, 0.717) is 11.4 Å². The van der Waals surface area contributed by atoms with Gasteiger partial charge in [-0.05, 0) is 23.2 Å². The molecule has 0 saturated carbocycles. The van der Waals surface area contributed by atoms with Crippen molar-refractivity contribution in [2.24, 2.45) is 5.10 Å². The van der Waals surface area contributed by atoms with Gasteiger partial charge in [0.2, 0.25) is 0 Å². The first-order chi connectivity index (χ1) is 9.29. The molecule has 0 atom stereocenters. The van der Waals surface area contributed by atoms with Gasteiger partial charge in [0, 0.05) is 0 Å². The summed E-state index contributed by atoms with van der Waals surface area (Å²) >= 11 is 0. The molecular weight excluding hydrogens is 239 g/mol. The van der Waals surface area contributed by atoms with Crippen LogP contribution in [0.15, 0.2) is 47.7 Å². The van der Waals surface area contributed by atoms with Gasteiger partial charge in [-0.15, -0.1) is 0 Å². The van der Waals surface area contributed by atoms with Crippen LogP contribution in [0.3, 0.4) is 0 Å². The topological polar surface area (TPSA) is 72.5 Å². The molecule has 0 bridgehead atoms. The minimum absolute atomic E-state index is 0.333. The van der Waals surface area contributed by atoms with Crippen molar-refractivity contribution in [1.29, 1.82) is 5.26 Å². The second-order valence-corrected chi connectivity index (χ2v) is 4.11. The molecule has 1 aromatic carbocycles. The van der Waals surface area contributed by atoms with Gasteiger partial charge in [-0.25, -0.2) is 4.98 Å². The normalized spacial score (nSPS) is 13.1.